The molecule has 0 aliphatic rings. The van der Waals surface area contributed by atoms with Crippen molar-refractivity contribution in [1.29, 1.82) is 0 Å². The molecule has 84 valence electrons. The molecule has 3 heteroatoms. The van der Waals surface area contributed by atoms with E-state index in [1.807, 2.05) is 0 Å². The van der Waals surface area contributed by atoms with Gasteiger partial charge in [0.05, 0.1) is 5.54 Å². The van der Waals surface area contributed by atoms with E-state index in [0.717, 1.165) is 12.3 Å². The van der Waals surface area contributed by atoms with Gasteiger partial charge in [-0.05, 0) is 27.2 Å². The Balaban J connectivity index is 3.85. The van der Waals surface area contributed by atoms with Crippen LogP contribution in [0.3, 0.4) is 0 Å². The van der Waals surface area contributed by atoms with Gasteiger partial charge in [0.1, 0.15) is 5.84 Å². The molecule has 0 radical (unpaired) electrons. The number of aliphatic imine (C=N–C) groups is 1. The second kappa shape index (κ2) is 6.82. The van der Waals surface area contributed by atoms with Gasteiger partial charge in [0.15, 0.2) is 0 Å². The monoisotopic (exact) mass is 199 g/mol. The molecule has 0 spiro atoms. The van der Waals surface area contributed by atoms with Crippen LogP contribution in [0.1, 0.15) is 59.8 Å². The predicted octanol–water partition coefficient (Wildman–Crippen LogP) is 2.62. The maximum atomic E-state index is 5.41. The number of nitrogens with one attached hydrogen (secondary N) is 1. The normalized spacial score (nSPS) is 13.1. The lowest BCUT2D eigenvalue weighted by atomic mass is 10.1. The van der Waals surface area contributed by atoms with E-state index in [1.165, 1.54) is 25.7 Å². The fraction of sp³-hybridized carbons (Fsp3) is 0.909. The number of nitrogens with two attached hydrogens (primary N) is 1. The van der Waals surface area contributed by atoms with Crippen molar-refractivity contribution < 1.29 is 0 Å². The number of hydrogen-bond acceptors (Lipinski definition) is 2. The van der Waals surface area contributed by atoms with Gasteiger partial charge in [0.25, 0.3) is 0 Å². The first-order valence-corrected chi connectivity index (χ1v) is 5.55. The number of hydrogen-bond donors (Lipinski definition) is 2. The summed E-state index contributed by atoms with van der Waals surface area (Å²) in [7, 11) is 0. The van der Waals surface area contributed by atoms with Crippen LogP contribution in [0.5, 0.6) is 0 Å². The molecule has 0 rings (SSSR count). The average molecular weight is 199 g/mol. The zero-order chi connectivity index (χ0) is 11.0. The van der Waals surface area contributed by atoms with Gasteiger partial charge in [-0.25, -0.2) is 5.84 Å². The summed E-state index contributed by atoms with van der Waals surface area (Å²) >= 11 is 0. The summed E-state index contributed by atoms with van der Waals surface area (Å²) in [5.74, 6) is 6.34. The molecular weight excluding hydrogens is 174 g/mol. The highest BCUT2D eigenvalue weighted by molar-refractivity contribution is 5.81. The first-order chi connectivity index (χ1) is 6.49. The summed E-state index contributed by atoms with van der Waals surface area (Å²) in [6, 6.07) is 0. The molecule has 0 bridgehead atoms. The molecule has 0 heterocycles. The molecule has 0 unspecified atom stereocenters. The molecule has 0 aliphatic carbocycles. The zero-order valence-electron chi connectivity index (χ0n) is 10.1. The molecule has 0 saturated carbocycles. The van der Waals surface area contributed by atoms with E-state index in [1.54, 1.807) is 0 Å². The molecule has 0 aliphatic heterocycles. The van der Waals surface area contributed by atoms with Crippen molar-refractivity contribution in [2.24, 2.45) is 10.8 Å². The van der Waals surface area contributed by atoms with E-state index >= 15 is 0 Å². The maximum Gasteiger partial charge on any atom is 0.111 e. The van der Waals surface area contributed by atoms with Crippen LogP contribution >= 0.6 is 0 Å². The van der Waals surface area contributed by atoms with Gasteiger partial charge in [-0.2, -0.15) is 0 Å². The fourth-order valence-corrected chi connectivity index (χ4v) is 1.28. The minimum atomic E-state index is -0.0353. The Labute approximate surface area is 88.1 Å². The van der Waals surface area contributed by atoms with Crippen LogP contribution in [-0.4, -0.2) is 11.4 Å². The summed E-state index contributed by atoms with van der Waals surface area (Å²) in [4.78, 5) is 4.51. The molecule has 0 fully saturated rings. The standard InChI is InChI=1S/C11H25N3/c1-5-6-7-8-9-10(14-12)13-11(2,3)4/h5-9,12H2,1-4H3,(H,13,14). The molecule has 0 aromatic rings. The van der Waals surface area contributed by atoms with Gasteiger partial charge in [-0.15, -0.1) is 0 Å². The summed E-state index contributed by atoms with van der Waals surface area (Å²) in [6.07, 6.45) is 5.97. The first kappa shape index (κ1) is 13.4. The third-order valence-electron chi connectivity index (χ3n) is 1.90. The minimum absolute atomic E-state index is 0.0353. The largest absolute Gasteiger partial charge is 0.312 e. The molecule has 0 amide bonds. The van der Waals surface area contributed by atoms with Crippen LogP contribution < -0.4 is 11.3 Å². The van der Waals surface area contributed by atoms with Gasteiger partial charge >= 0.3 is 0 Å². The number of hydrazine groups is 1. The molecule has 0 saturated heterocycles. The average Bonchev–Trinajstić information content (AvgIpc) is 2.08. The van der Waals surface area contributed by atoms with Crippen LogP contribution in [-0.2, 0) is 0 Å². The Bertz CT molecular complexity index is 168. The first-order valence-electron chi connectivity index (χ1n) is 5.55. The SMILES string of the molecule is CCCCCCC(=NC(C)(C)C)NN. The topological polar surface area (TPSA) is 50.4 Å². The number of rotatable bonds is 5. The van der Waals surface area contributed by atoms with E-state index in [0.29, 0.717) is 0 Å². The Hall–Kier alpha value is -0.570. The lowest BCUT2D eigenvalue weighted by Crippen LogP contribution is -2.32. The number of amidine groups is 1. The summed E-state index contributed by atoms with van der Waals surface area (Å²) in [5.41, 5.74) is 2.65. The highest BCUT2D eigenvalue weighted by atomic mass is 15.3. The molecule has 3 N–H and O–H groups in total. The summed E-state index contributed by atoms with van der Waals surface area (Å²) in [6.45, 7) is 8.45. The van der Waals surface area contributed by atoms with Crippen LogP contribution in [0.4, 0.5) is 0 Å². The summed E-state index contributed by atoms with van der Waals surface area (Å²) < 4.78 is 0. The van der Waals surface area contributed by atoms with Gasteiger partial charge in [0.2, 0.25) is 0 Å². The van der Waals surface area contributed by atoms with Gasteiger partial charge in [-0.3, -0.25) is 4.99 Å². The Morgan fingerprint density at radius 3 is 2.29 bits per heavy atom. The maximum absolute atomic E-state index is 5.41. The number of nitrogens with zero attached hydrogens (tertiary/aromatic N) is 1. The van der Waals surface area contributed by atoms with Crippen molar-refractivity contribution in [3.05, 3.63) is 0 Å². The molecule has 14 heavy (non-hydrogen) atoms. The third kappa shape index (κ3) is 8.05. The Kier molecular flexibility index (Phi) is 6.54. The summed E-state index contributed by atoms with van der Waals surface area (Å²) in [5, 5.41) is 0. The van der Waals surface area contributed by atoms with Gasteiger partial charge in [0, 0.05) is 6.42 Å². The van der Waals surface area contributed by atoms with Gasteiger partial charge in [-0.1, -0.05) is 26.2 Å². The highest BCUT2D eigenvalue weighted by Crippen LogP contribution is 2.09. The lowest BCUT2D eigenvalue weighted by Gasteiger charge is -2.15. The van der Waals surface area contributed by atoms with E-state index in [-0.39, 0.29) is 5.54 Å². The minimum Gasteiger partial charge on any atom is -0.312 e. The Morgan fingerprint density at radius 1 is 1.21 bits per heavy atom. The molecule has 0 aromatic heterocycles. The zero-order valence-corrected chi connectivity index (χ0v) is 10.1. The quantitative estimate of drug-likeness (QED) is 0.235. The van der Waals surface area contributed by atoms with Crippen molar-refractivity contribution in [2.75, 3.05) is 0 Å². The Morgan fingerprint density at radius 2 is 1.86 bits per heavy atom. The fourth-order valence-electron chi connectivity index (χ4n) is 1.28. The predicted molar refractivity (Wildman–Crippen MR) is 63.3 cm³/mol. The van der Waals surface area contributed by atoms with E-state index in [9.17, 15) is 0 Å². The van der Waals surface area contributed by atoms with E-state index < -0.39 is 0 Å². The van der Waals surface area contributed by atoms with Crippen LogP contribution in [0.2, 0.25) is 0 Å². The van der Waals surface area contributed by atoms with Crippen molar-refractivity contribution in [1.82, 2.24) is 5.43 Å². The van der Waals surface area contributed by atoms with Gasteiger partial charge < -0.3 is 5.43 Å². The second-order valence-electron chi connectivity index (χ2n) is 4.68. The molecule has 0 aromatic carbocycles. The van der Waals surface area contributed by atoms with Crippen molar-refractivity contribution in [3.63, 3.8) is 0 Å². The molecular formula is C11H25N3. The molecule has 0 atom stereocenters. The lowest BCUT2D eigenvalue weighted by molar-refractivity contribution is 0.573. The van der Waals surface area contributed by atoms with E-state index in [4.69, 9.17) is 5.84 Å². The van der Waals surface area contributed by atoms with Crippen LogP contribution in [0, 0.1) is 0 Å². The van der Waals surface area contributed by atoms with E-state index in [2.05, 4.69) is 38.1 Å². The third-order valence-corrected chi connectivity index (χ3v) is 1.90. The van der Waals surface area contributed by atoms with Crippen molar-refractivity contribution in [2.45, 2.75) is 65.3 Å². The van der Waals surface area contributed by atoms with Crippen molar-refractivity contribution in [3.8, 4) is 0 Å². The van der Waals surface area contributed by atoms with Crippen LogP contribution in [0.25, 0.3) is 0 Å². The molecule has 3 nitrogen and oxygen atoms in total. The highest BCUT2D eigenvalue weighted by Gasteiger charge is 2.08. The van der Waals surface area contributed by atoms with Crippen molar-refractivity contribution >= 4 is 5.84 Å². The second-order valence-corrected chi connectivity index (χ2v) is 4.68. The number of unbranched alkanes of at least 4 members (excludes halogenated alkanes) is 3. The van der Waals surface area contributed by atoms with Crippen LogP contribution in [0.15, 0.2) is 4.99 Å². The smallest absolute Gasteiger partial charge is 0.111 e.